The number of hydrogen-bond donors (Lipinski definition) is 3. The molecule has 3 atom stereocenters. The molecular weight excluding hydrogens is 276 g/mol. The molecule has 0 spiro atoms. The Kier molecular flexibility index (Phi) is 5.32. The van der Waals surface area contributed by atoms with Crippen LogP contribution in [-0.4, -0.2) is 46.6 Å². The van der Waals surface area contributed by atoms with Gasteiger partial charge in [-0.05, 0) is 18.8 Å². The molecule has 6 heteroatoms. The minimum absolute atomic E-state index is 0.137. The Labute approximate surface area is 124 Å². The van der Waals surface area contributed by atoms with Gasteiger partial charge in [0, 0.05) is 30.5 Å². The van der Waals surface area contributed by atoms with Crippen molar-refractivity contribution in [3.8, 4) is 0 Å². The lowest BCUT2D eigenvalue weighted by Crippen LogP contribution is -2.57. The molecule has 1 amide bonds. The Hall–Kier alpha value is -0.750. The lowest BCUT2D eigenvalue weighted by molar-refractivity contribution is -0.150. The van der Waals surface area contributed by atoms with E-state index < -0.39 is 11.5 Å². The average Bonchev–Trinajstić information content (AvgIpc) is 2.39. The topological polar surface area (TPSA) is 78.4 Å². The average molecular weight is 300 g/mol. The van der Waals surface area contributed by atoms with Crippen LogP contribution in [0.15, 0.2) is 0 Å². The Bertz CT molecular complexity index is 371. The van der Waals surface area contributed by atoms with Crippen LogP contribution in [0.2, 0.25) is 0 Å². The number of aliphatic carboxylic acids is 1. The van der Waals surface area contributed by atoms with Crippen LogP contribution in [0, 0.1) is 5.92 Å². The van der Waals surface area contributed by atoms with Gasteiger partial charge in [-0.3, -0.25) is 4.79 Å². The molecule has 0 aromatic heterocycles. The summed E-state index contributed by atoms with van der Waals surface area (Å²) in [4.78, 5) is 23.8. The van der Waals surface area contributed by atoms with Gasteiger partial charge in [-0.15, -0.1) is 0 Å². The van der Waals surface area contributed by atoms with Gasteiger partial charge in [-0.25, -0.2) is 4.79 Å². The van der Waals surface area contributed by atoms with E-state index in [1.807, 2.05) is 11.8 Å². The second-order valence-corrected chi connectivity index (χ2v) is 7.22. The van der Waals surface area contributed by atoms with Gasteiger partial charge in [0.15, 0.2) is 0 Å². The molecule has 0 bridgehead atoms. The highest BCUT2D eigenvalue weighted by Crippen LogP contribution is 2.32. The highest BCUT2D eigenvalue weighted by atomic mass is 32.2. The van der Waals surface area contributed by atoms with Crippen LogP contribution in [0.4, 0.5) is 0 Å². The third-order valence-electron chi connectivity index (χ3n) is 4.22. The predicted octanol–water partition coefficient (Wildman–Crippen LogP) is 1.23. The molecule has 1 aliphatic carbocycles. The van der Waals surface area contributed by atoms with E-state index in [-0.39, 0.29) is 11.9 Å². The van der Waals surface area contributed by atoms with E-state index in [2.05, 4.69) is 17.6 Å². The molecule has 1 saturated heterocycles. The summed E-state index contributed by atoms with van der Waals surface area (Å²) >= 11 is 1.84. The maximum absolute atomic E-state index is 12.2. The van der Waals surface area contributed by atoms with Gasteiger partial charge in [-0.1, -0.05) is 19.8 Å². The molecule has 0 aromatic rings. The smallest absolute Gasteiger partial charge is 0.329 e. The number of rotatable bonds is 4. The lowest BCUT2D eigenvalue weighted by Gasteiger charge is -2.37. The van der Waals surface area contributed by atoms with Crippen molar-refractivity contribution in [2.75, 3.05) is 18.1 Å². The highest BCUT2D eigenvalue weighted by molar-refractivity contribution is 7.99. The molecule has 2 fully saturated rings. The summed E-state index contributed by atoms with van der Waals surface area (Å²) in [7, 11) is 0. The van der Waals surface area contributed by atoms with Gasteiger partial charge in [0.25, 0.3) is 0 Å². The van der Waals surface area contributed by atoms with Crippen LogP contribution in [0.1, 0.15) is 39.0 Å². The van der Waals surface area contributed by atoms with Crippen molar-refractivity contribution in [3.05, 3.63) is 0 Å². The molecule has 114 valence electrons. The van der Waals surface area contributed by atoms with E-state index in [1.54, 1.807) is 0 Å². The first-order valence-electron chi connectivity index (χ1n) is 7.37. The van der Waals surface area contributed by atoms with Crippen molar-refractivity contribution in [2.24, 2.45) is 5.92 Å². The van der Waals surface area contributed by atoms with Crippen LogP contribution in [0.3, 0.4) is 0 Å². The molecule has 1 heterocycles. The number of carboxylic acids is 1. The van der Waals surface area contributed by atoms with Crippen molar-refractivity contribution in [2.45, 2.75) is 50.6 Å². The second-order valence-electron chi connectivity index (χ2n) is 6.07. The zero-order valence-corrected chi connectivity index (χ0v) is 12.8. The van der Waals surface area contributed by atoms with E-state index in [0.717, 1.165) is 30.9 Å². The monoisotopic (exact) mass is 300 g/mol. The normalized spacial score (nSPS) is 34.5. The maximum atomic E-state index is 12.2. The number of carbonyl (C=O) groups excluding carboxylic acids is 1. The summed E-state index contributed by atoms with van der Waals surface area (Å²) in [6.45, 7) is 2.98. The molecule has 2 rings (SSSR count). The Balaban J connectivity index is 1.93. The fraction of sp³-hybridized carbons (Fsp3) is 0.857. The first-order valence-corrected chi connectivity index (χ1v) is 8.53. The van der Waals surface area contributed by atoms with Crippen molar-refractivity contribution in [1.82, 2.24) is 10.6 Å². The fourth-order valence-electron chi connectivity index (χ4n) is 3.21. The van der Waals surface area contributed by atoms with Crippen LogP contribution in [0.5, 0.6) is 0 Å². The van der Waals surface area contributed by atoms with Gasteiger partial charge in [0.05, 0.1) is 0 Å². The lowest BCUT2D eigenvalue weighted by atomic mass is 9.76. The quantitative estimate of drug-likeness (QED) is 0.728. The van der Waals surface area contributed by atoms with Gasteiger partial charge in [0.1, 0.15) is 5.54 Å². The summed E-state index contributed by atoms with van der Waals surface area (Å²) in [5.41, 5.74) is -1.05. The number of carbonyl (C=O) groups is 2. The van der Waals surface area contributed by atoms with Crippen molar-refractivity contribution < 1.29 is 14.7 Å². The summed E-state index contributed by atoms with van der Waals surface area (Å²) in [5, 5.41) is 15.7. The summed E-state index contributed by atoms with van der Waals surface area (Å²) in [5.74, 6) is 1.33. The number of nitrogens with one attached hydrogen (secondary N) is 2. The van der Waals surface area contributed by atoms with Gasteiger partial charge in [0.2, 0.25) is 5.91 Å². The maximum Gasteiger partial charge on any atom is 0.329 e. The molecular formula is C14H24N2O3S. The molecule has 0 aromatic carbocycles. The molecule has 20 heavy (non-hydrogen) atoms. The minimum atomic E-state index is -1.05. The molecule has 1 aliphatic heterocycles. The fourth-order valence-corrected chi connectivity index (χ4v) is 4.15. The number of hydrogen-bond acceptors (Lipinski definition) is 4. The Morgan fingerprint density at radius 3 is 2.90 bits per heavy atom. The summed E-state index contributed by atoms with van der Waals surface area (Å²) in [6, 6.07) is 0.167. The van der Waals surface area contributed by atoms with E-state index in [1.165, 1.54) is 0 Å². The molecule has 1 saturated carbocycles. The Morgan fingerprint density at radius 2 is 2.30 bits per heavy atom. The predicted molar refractivity (Wildman–Crippen MR) is 79.9 cm³/mol. The van der Waals surface area contributed by atoms with Crippen LogP contribution in [-0.2, 0) is 9.59 Å². The van der Waals surface area contributed by atoms with Crippen molar-refractivity contribution in [3.63, 3.8) is 0 Å². The summed E-state index contributed by atoms with van der Waals surface area (Å²) in [6.07, 6.45) is 3.37. The van der Waals surface area contributed by atoms with E-state index in [0.29, 0.717) is 25.2 Å². The highest BCUT2D eigenvalue weighted by Gasteiger charge is 2.43. The van der Waals surface area contributed by atoms with E-state index in [9.17, 15) is 14.7 Å². The number of thioether (sulfide) groups is 1. The molecule has 2 aliphatic rings. The third-order valence-corrected chi connectivity index (χ3v) is 5.35. The zero-order chi connectivity index (χ0) is 14.6. The van der Waals surface area contributed by atoms with E-state index >= 15 is 0 Å². The summed E-state index contributed by atoms with van der Waals surface area (Å²) < 4.78 is 0. The molecule has 0 radical (unpaired) electrons. The number of carboxylic acid groups (broad SMARTS) is 1. The molecule has 3 unspecified atom stereocenters. The SMILES string of the molecule is CC1CCCC(NC(=O)CC2CSCCN2)(C(=O)O)C1. The first-order chi connectivity index (χ1) is 9.52. The zero-order valence-electron chi connectivity index (χ0n) is 12.0. The van der Waals surface area contributed by atoms with Crippen LogP contribution >= 0.6 is 11.8 Å². The van der Waals surface area contributed by atoms with Gasteiger partial charge >= 0.3 is 5.97 Å². The minimum Gasteiger partial charge on any atom is -0.480 e. The largest absolute Gasteiger partial charge is 0.480 e. The molecule has 5 nitrogen and oxygen atoms in total. The third kappa shape index (κ3) is 3.88. The number of amides is 1. The second kappa shape index (κ2) is 6.80. The van der Waals surface area contributed by atoms with Crippen molar-refractivity contribution in [1.29, 1.82) is 0 Å². The van der Waals surface area contributed by atoms with E-state index in [4.69, 9.17) is 0 Å². The van der Waals surface area contributed by atoms with Gasteiger partial charge in [-0.2, -0.15) is 11.8 Å². The van der Waals surface area contributed by atoms with Crippen molar-refractivity contribution >= 4 is 23.6 Å². The standard InChI is InChI=1S/C14H24N2O3S/c1-10-3-2-4-14(8-10,13(18)19)16-12(17)7-11-9-20-6-5-15-11/h10-11,15H,2-9H2,1H3,(H,16,17)(H,18,19). The first kappa shape index (κ1) is 15.6. The van der Waals surface area contributed by atoms with Crippen LogP contribution in [0.25, 0.3) is 0 Å². The molecule has 3 N–H and O–H groups in total. The van der Waals surface area contributed by atoms with Gasteiger partial charge < -0.3 is 15.7 Å². The van der Waals surface area contributed by atoms with Crippen LogP contribution < -0.4 is 10.6 Å². The Morgan fingerprint density at radius 1 is 1.50 bits per heavy atom.